The lowest BCUT2D eigenvalue weighted by Crippen LogP contribution is -2.64. The van der Waals surface area contributed by atoms with E-state index in [2.05, 4.69) is 9.52 Å². The molecule has 19 heavy (non-hydrogen) atoms. The molecule has 0 amide bonds. The Kier molecular flexibility index (Phi) is 4.87. The van der Waals surface area contributed by atoms with Gasteiger partial charge in [-0.25, -0.2) is 9.56 Å². The maximum Gasteiger partial charge on any atom is 0.470 e. The predicted molar refractivity (Wildman–Crippen MR) is 60.5 cm³/mol. The van der Waals surface area contributed by atoms with Crippen molar-refractivity contribution >= 4 is 13.8 Å². The van der Waals surface area contributed by atoms with E-state index >= 15 is 0 Å². The third-order valence-corrected chi connectivity index (χ3v) is 3.15. The molecule has 0 bridgehead atoms. The molecule has 0 aromatic rings. The van der Waals surface area contributed by atoms with E-state index < -0.39 is 50.3 Å². The van der Waals surface area contributed by atoms with Gasteiger partial charge in [0.05, 0.1) is 0 Å². The number of rotatable bonds is 3. The first-order chi connectivity index (χ1) is 8.54. The highest BCUT2D eigenvalue weighted by molar-refractivity contribution is 7.46. The zero-order valence-electron chi connectivity index (χ0n) is 9.51. The number of aliphatic imine (C=N–C) groups is 1. The van der Waals surface area contributed by atoms with Crippen molar-refractivity contribution in [2.75, 3.05) is 0 Å². The van der Waals surface area contributed by atoms with Gasteiger partial charge < -0.3 is 41.7 Å². The van der Waals surface area contributed by atoms with Crippen molar-refractivity contribution in [3.05, 3.63) is 0 Å². The first kappa shape index (κ1) is 16.3. The minimum absolute atomic E-state index is 0.503. The summed E-state index contributed by atoms with van der Waals surface area (Å²) in [5.41, 5.74) is 10.1. The Labute approximate surface area is 107 Å². The van der Waals surface area contributed by atoms with E-state index in [1.54, 1.807) is 0 Å². The lowest BCUT2D eigenvalue weighted by molar-refractivity contribution is -0.180. The van der Waals surface area contributed by atoms with Crippen LogP contribution in [0.25, 0.3) is 0 Å². The summed E-state index contributed by atoms with van der Waals surface area (Å²) in [6.07, 6.45) is -9.26. The number of aliphatic hydroxyl groups is 4. The van der Waals surface area contributed by atoms with Crippen LogP contribution < -0.4 is 11.5 Å². The van der Waals surface area contributed by atoms with Gasteiger partial charge in [0, 0.05) is 0 Å². The summed E-state index contributed by atoms with van der Waals surface area (Å²) in [6.45, 7) is 0. The number of aliphatic hydroxyl groups excluding tert-OH is 4. The van der Waals surface area contributed by atoms with E-state index in [1.165, 1.54) is 0 Å². The molecule has 4 unspecified atom stereocenters. The van der Waals surface area contributed by atoms with Gasteiger partial charge in [0.15, 0.2) is 5.96 Å². The number of phosphoric acid groups is 1. The van der Waals surface area contributed by atoms with Crippen molar-refractivity contribution in [1.29, 1.82) is 0 Å². The topological polar surface area (TPSA) is 212 Å². The van der Waals surface area contributed by atoms with Crippen molar-refractivity contribution in [2.24, 2.45) is 16.5 Å². The highest BCUT2D eigenvalue weighted by Gasteiger charge is 2.51. The zero-order chi connectivity index (χ0) is 15.0. The normalized spacial score (nSPS) is 39.9. The Morgan fingerprint density at radius 3 is 1.74 bits per heavy atom. The second kappa shape index (κ2) is 5.69. The highest BCUT2D eigenvalue weighted by Crippen LogP contribution is 2.41. The average Bonchev–Trinajstić information content (AvgIpc) is 2.26. The van der Waals surface area contributed by atoms with Crippen molar-refractivity contribution < 1.29 is 39.3 Å². The molecule has 0 radical (unpaired) electrons. The molecule has 0 saturated heterocycles. The Balaban J connectivity index is 2.99. The summed E-state index contributed by atoms with van der Waals surface area (Å²) in [7, 11) is -5.04. The molecular formula is C7H16N3O8P. The molecule has 10 N–H and O–H groups in total. The number of phosphoric ester groups is 1. The van der Waals surface area contributed by atoms with Crippen LogP contribution in [0.15, 0.2) is 4.99 Å². The molecule has 0 aliphatic heterocycles. The number of hydrogen-bond acceptors (Lipinski definition) is 7. The van der Waals surface area contributed by atoms with E-state index in [4.69, 9.17) is 21.3 Å². The SMILES string of the molecule is NC(N)=NC1C(O)C(O)C(OP(=O)(O)O)C(O)C1O. The Morgan fingerprint density at radius 2 is 1.42 bits per heavy atom. The minimum Gasteiger partial charge on any atom is -0.388 e. The Morgan fingerprint density at radius 1 is 1.00 bits per heavy atom. The van der Waals surface area contributed by atoms with Crippen LogP contribution in [0, 0.1) is 0 Å². The van der Waals surface area contributed by atoms with Gasteiger partial charge in [0.1, 0.15) is 36.6 Å². The molecule has 0 spiro atoms. The van der Waals surface area contributed by atoms with Gasteiger partial charge in [0.2, 0.25) is 0 Å². The molecule has 1 rings (SSSR count). The molecule has 1 saturated carbocycles. The Bertz CT molecular complexity index is 380. The largest absolute Gasteiger partial charge is 0.470 e. The smallest absolute Gasteiger partial charge is 0.388 e. The van der Waals surface area contributed by atoms with Crippen molar-refractivity contribution in [3.8, 4) is 0 Å². The molecular weight excluding hydrogens is 285 g/mol. The van der Waals surface area contributed by atoms with Crippen LogP contribution in [0.2, 0.25) is 0 Å². The molecule has 0 aromatic carbocycles. The third kappa shape index (κ3) is 3.84. The predicted octanol–water partition coefficient (Wildman–Crippen LogP) is -4.44. The van der Waals surface area contributed by atoms with Crippen molar-refractivity contribution in [3.63, 3.8) is 0 Å². The molecule has 1 aliphatic rings. The van der Waals surface area contributed by atoms with Gasteiger partial charge in [-0.3, -0.25) is 4.52 Å². The summed E-state index contributed by atoms with van der Waals surface area (Å²) in [6, 6.07) is -1.45. The number of hydrogen-bond donors (Lipinski definition) is 8. The van der Waals surface area contributed by atoms with E-state index in [0.29, 0.717) is 0 Å². The van der Waals surface area contributed by atoms with Gasteiger partial charge in [-0.2, -0.15) is 0 Å². The second-order valence-corrected chi connectivity index (χ2v) is 5.26. The summed E-state index contributed by atoms with van der Waals surface area (Å²) in [5.74, 6) is -0.503. The van der Waals surface area contributed by atoms with Crippen LogP contribution in [0.4, 0.5) is 0 Å². The van der Waals surface area contributed by atoms with Gasteiger partial charge in [-0.1, -0.05) is 0 Å². The zero-order valence-corrected chi connectivity index (χ0v) is 10.4. The standard InChI is InChI=1S/C7H16N3O8P/c8-7(9)10-1-2(11)4(13)6(5(14)3(1)12)18-19(15,16)17/h1-6,11-14H,(H4,8,9,10)(H2,15,16,17). The fourth-order valence-electron chi connectivity index (χ4n) is 1.80. The number of guanidine groups is 1. The van der Waals surface area contributed by atoms with Crippen LogP contribution in [0.5, 0.6) is 0 Å². The number of nitrogens with zero attached hydrogens (tertiary/aromatic N) is 1. The van der Waals surface area contributed by atoms with E-state index in [0.717, 1.165) is 0 Å². The quantitative estimate of drug-likeness (QED) is 0.142. The molecule has 112 valence electrons. The number of nitrogens with two attached hydrogens (primary N) is 2. The van der Waals surface area contributed by atoms with E-state index in [9.17, 15) is 25.0 Å². The molecule has 4 atom stereocenters. The van der Waals surface area contributed by atoms with Crippen LogP contribution in [-0.2, 0) is 9.09 Å². The van der Waals surface area contributed by atoms with Crippen molar-refractivity contribution in [1.82, 2.24) is 0 Å². The maximum atomic E-state index is 10.7. The van der Waals surface area contributed by atoms with Gasteiger partial charge >= 0.3 is 7.82 Å². The summed E-state index contributed by atoms with van der Waals surface area (Å²) in [4.78, 5) is 20.7. The molecule has 1 fully saturated rings. The third-order valence-electron chi connectivity index (χ3n) is 2.63. The monoisotopic (exact) mass is 301 g/mol. The minimum atomic E-state index is -5.04. The van der Waals surface area contributed by atoms with Crippen LogP contribution in [0.3, 0.4) is 0 Å². The summed E-state index contributed by atoms with van der Waals surface area (Å²) < 4.78 is 14.8. The summed E-state index contributed by atoms with van der Waals surface area (Å²) >= 11 is 0. The first-order valence-corrected chi connectivity index (χ1v) is 6.62. The van der Waals surface area contributed by atoms with Crippen LogP contribution >= 0.6 is 7.82 Å². The van der Waals surface area contributed by atoms with Crippen molar-refractivity contribution in [2.45, 2.75) is 36.6 Å². The van der Waals surface area contributed by atoms with Crippen LogP contribution in [0.1, 0.15) is 0 Å². The van der Waals surface area contributed by atoms with Gasteiger partial charge in [-0.05, 0) is 0 Å². The highest BCUT2D eigenvalue weighted by atomic mass is 31.2. The van der Waals surface area contributed by atoms with E-state index in [1.807, 2.05) is 0 Å². The Hall–Kier alpha value is -0.780. The van der Waals surface area contributed by atoms with Gasteiger partial charge in [0.25, 0.3) is 0 Å². The van der Waals surface area contributed by atoms with E-state index in [-0.39, 0.29) is 0 Å². The molecule has 11 nitrogen and oxygen atoms in total. The molecule has 0 heterocycles. The molecule has 12 heteroatoms. The van der Waals surface area contributed by atoms with Gasteiger partial charge in [-0.15, -0.1) is 0 Å². The molecule has 0 aromatic heterocycles. The lowest BCUT2D eigenvalue weighted by Gasteiger charge is -2.41. The van der Waals surface area contributed by atoms with Crippen LogP contribution in [-0.4, -0.2) is 72.7 Å². The lowest BCUT2D eigenvalue weighted by atomic mass is 9.83. The molecule has 1 aliphatic carbocycles. The second-order valence-electron chi connectivity index (χ2n) is 4.07. The fourth-order valence-corrected chi connectivity index (χ4v) is 2.37. The first-order valence-electron chi connectivity index (χ1n) is 5.09. The fraction of sp³-hybridized carbons (Fsp3) is 0.857. The summed E-state index contributed by atoms with van der Waals surface area (Å²) in [5, 5.41) is 38.6. The maximum absolute atomic E-state index is 10.7. The average molecular weight is 301 g/mol.